The number of aromatic nitrogens is 2. The normalized spacial score (nSPS) is 18.5. The Bertz CT molecular complexity index is 322. The second-order valence-electron chi connectivity index (χ2n) is 3.78. The van der Waals surface area contributed by atoms with Crippen LogP contribution in [0.1, 0.15) is 37.4 Å². The van der Waals surface area contributed by atoms with E-state index < -0.39 is 0 Å². The Kier molecular flexibility index (Phi) is 2.82. The molecule has 2 rings (SSSR count). The van der Waals surface area contributed by atoms with Crippen molar-refractivity contribution in [3.63, 3.8) is 0 Å². The van der Waals surface area contributed by atoms with Gasteiger partial charge in [0.1, 0.15) is 5.82 Å². The second-order valence-corrected chi connectivity index (χ2v) is 4.22. The monoisotopic (exact) mass is 208 g/mol. The van der Waals surface area contributed by atoms with E-state index >= 15 is 0 Å². The summed E-state index contributed by atoms with van der Waals surface area (Å²) in [6.45, 7) is 3.99. The molecular formula is C11H13ClN2. The second kappa shape index (κ2) is 4.09. The standard InChI is InChI=1S/C11H13ClN2/c1-8-2-4-9(5-3-8)11-13-6-10(12)7-14-11/h6-7,9H,1-5H2. The van der Waals surface area contributed by atoms with Crippen molar-refractivity contribution in [1.82, 2.24) is 9.97 Å². The van der Waals surface area contributed by atoms with Crippen LogP contribution in [0.3, 0.4) is 0 Å². The molecule has 74 valence electrons. The molecule has 0 N–H and O–H groups in total. The first kappa shape index (κ1) is 9.66. The largest absolute Gasteiger partial charge is 0.240 e. The maximum atomic E-state index is 5.73. The third-order valence-corrected chi connectivity index (χ3v) is 2.89. The van der Waals surface area contributed by atoms with Crippen molar-refractivity contribution >= 4 is 11.6 Å². The zero-order chi connectivity index (χ0) is 9.97. The first-order valence-corrected chi connectivity index (χ1v) is 5.27. The maximum absolute atomic E-state index is 5.73. The van der Waals surface area contributed by atoms with Crippen LogP contribution in [0.4, 0.5) is 0 Å². The molecule has 2 nitrogen and oxygen atoms in total. The van der Waals surface area contributed by atoms with Gasteiger partial charge in [-0.05, 0) is 25.7 Å². The molecule has 3 heteroatoms. The molecule has 1 saturated carbocycles. The molecule has 1 aromatic heterocycles. The van der Waals surface area contributed by atoms with Gasteiger partial charge < -0.3 is 0 Å². The Balaban J connectivity index is 2.08. The molecule has 1 fully saturated rings. The van der Waals surface area contributed by atoms with Crippen molar-refractivity contribution in [2.75, 3.05) is 0 Å². The fourth-order valence-corrected chi connectivity index (χ4v) is 1.91. The van der Waals surface area contributed by atoms with Gasteiger partial charge in [-0.1, -0.05) is 23.8 Å². The average Bonchev–Trinajstić information content (AvgIpc) is 2.21. The minimum atomic E-state index is 0.498. The zero-order valence-corrected chi connectivity index (χ0v) is 8.80. The summed E-state index contributed by atoms with van der Waals surface area (Å²) in [4.78, 5) is 8.51. The maximum Gasteiger partial charge on any atom is 0.131 e. The first-order valence-electron chi connectivity index (χ1n) is 4.90. The summed E-state index contributed by atoms with van der Waals surface area (Å²) >= 11 is 5.73. The predicted molar refractivity (Wildman–Crippen MR) is 57.4 cm³/mol. The van der Waals surface area contributed by atoms with E-state index in [-0.39, 0.29) is 0 Å². The van der Waals surface area contributed by atoms with E-state index in [1.54, 1.807) is 12.4 Å². The number of nitrogens with zero attached hydrogens (tertiary/aromatic N) is 2. The predicted octanol–water partition coefficient (Wildman–Crippen LogP) is 3.34. The van der Waals surface area contributed by atoms with Crippen molar-refractivity contribution in [1.29, 1.82) is 0 Å². The molecule has 0 unspecified atom stereocenters. The number of allylic oxidation sites excluding steroid dienone is 1. The van der Waals surface area contributed by atoms with Gasteiger partial charge in [-0.3, -0.25) is 0 Å². The fraction of sp³-hybridized carbons (Fsp3) is 0.455. The molecule has 1 aliphatic carbocycles. The molecule has 0 aliphatic heterocycles. The topological polar surface area (TPSA) is 25.8 Å². The smallest absolute Gasteiger partial charge is 0.131 e. The number of hydrogen-bond acceptors (Lipinski definition) is 2. The van der Waals surface area contributed by atoms with Crippen LogP contribution in [-0.4, -0.2) is 9.97 Å². The average molecular weight is 209 g/mol. The summed E-state index contributed by atoms with van der Waals surface area (Å²) in [6.07, 6.45) is 7.81. The van der Waals surface area contributed by atoms with E-state index in [4.69, 9.17) is 11.6 Å². The quantitative estimate of drug-likeness (QED) is 0.662. The van der Waals surface area contributed by atoms with Gasteiger partial charge in [0.25, 0.3) is 0 Å². The summed E-state index contributed by atoms with van der Waals surface area (Å²) in [5, 5.41) is 0.606. The van der Waals surface area contributed by atoms with E-state index in [0.29, 0.717) is 10.9 Å². The molecule has 0 bridgehead atoms. The highest BCUT2D eigenvalue weighted by molar-refractivity contribution is 6.30. The molecule has 1 heterocycles. The first-order chi connectivity index (χ1) is 6.75. The van der Waals surface area contributed by atoms with E-state index in [1.807, 2.05) is 0 Å². The summed E-state index contributed by atoms with van der Waals surface area (Å²) in [6, 6.07) is 0. The molecule has 14 heavy (non-hydrogen) atoms. The molecule has 0 aromatic carbocycles. The van der Waals surface area contributed by atoms with Crippen molar-refractivity contribution in [3.05, 3.63) is 35.4 Å². The summed E-state index contributed by atoms with van der Waals surface area (Å²) in [7, 11) is 0. The zero-order valence-electron chi connectivity index (χ0n) is 8.04. The van der Waals surface area contributed by atoms with Gasteiger partial charge in [-0.25, -0.2) is 9.97 Å². The van der Waals surface area contributed by atoms with Crippen LogP contribution >= 0.6 is 11.6 Å². The van der Waals surface area contributed by atoms with Crippen molar-refractivity contribution in [3.8, 4) is 0 Å². The van der Waals surface area contributed by atoms with Gasteiger partial charge in [-0.2, -0.15) is 0 Å². The van der Waals surface area contributed by atoms with Gasteiger partial charge in [-0.15, -0.1) is 0 Å². The third-order valence-electron chi connectivity index (χ3n) is 2.70. The molecule has 0 spiro atoms. The Hall–Kier alpha value is -0.890. The molecule has 0 amide bonds. The summed E-state index contributed by atoms with van der Waals surface area (Å²) < 4.78 is 0. The van der Waals surface area contributed by atoms with Crippen LogP contribution in [-0.2, 0) is 0 Å². The Morgan fingerprint density at radius 2 is 1.79 bits per heavy atom. The van der Waals surface area contributed by atoms with Crippen LogP contribution in [0.15, 0.2) is 24.5 Å². The number of halogens is 1. The van der Waals surface area contributed by atoms with E-state index in [1.165, 1.54) is 5.57 Å². The number of rotatable bonds is 1. The highest BCUT2D eigenvalue weighted by atomic mass is 35.5. The van der Waals surface area contributed by atoms with E-state index in [0.717, 1.165) is 31.5 Å². The SMILES string of the molecule is C=C1CCC(c2ncc(Cl)cn2)CC1. The molecule has 0 atom stereocenters. The number of hydrogen-bond donors (Lipinski definition) is 0. The highest BCUT2D eigenvalue weighted by Crippen LogP contribution is 2.32. The van der Waals surface area contributed by atoms with Crippen LogP contribution in [0.25, 0.3) is 0 Å². The van der Waals surface area contributed by atoms with E-state index in [2.05, 4.69) is 16.5 Å². The Labute approximate surface area is 89.0 Å². The highest BCUT2D eigenvalue weighted by Gasteiger charge is 2.19. The summed E-state index contributed by atoms with van der Waals surface area (Å²) in [5.74, 6) is 1.43. The van der Waals surface area contributed by atoms with E-state index in [9.17, 15) is 0 Å². The molecule has 1 aromatic rings. The molecule has 0 radical (unpaired) electrons. The van der Waals surface area contributed by atoms with Crippen molar-refractivity contribution in [2.45, 2.75) is 31.6 Å². The Morgan fingerprint density at radius 3 is 2.36 bits per heavy atom. The molecule has 0 saturated heterocycles. The van der Waals surface area contributed by atoms with Crippen LogP contribution < -0.4 is 0 Å². The van der Waals surface area contributed by atoms with Gasteiger partial charge >= 0.3 is 0 Å². The Morgan fingerprint density at radius 1 is 1.21 bits per heavy atom. The van der Waals surface area contributed by atoms with Crippen LogP contribution in [0.5, 0.6) is 0 Å². The lowest BCUT2D eigenvalue weighted by Crippen LogP contribution is -2.09. The minimum absolute atomic E-state index is 0.498. The minimum Gasteiger partial charge on any atom is -0.240 e. The van der Waals surface area contributed by atoms with Gasteiger partial charge in [0.2, 0.25) is 0 Å². The van der Waals surface area contributed by atoms with Gasteiger partial charge in [0.15, 0.2) is 0 Å². The van der Waals surface area contributed by atoms with Crippen LogP contribution in [0, 0.1) is 0 Å². The molecule has 1 aliphatic rings. The van der Waals surface area contributed by atoms with Gasteiger partial charge in [0, 0.05) is 18.3 Å². The van der Waals surface area contributed by atoms with Crippen LogP contribution in [0.2, 0.25) is 5.02 Å². The fourth-order valence-electron chi connectivity index (χ4n) is 1.82. The summed E-state index contributed by atoms with van der Waals surface area (Å²) in [5.41, 5.74) is 1.36. The molecular weight excluding hydrogens is 196 g/mol. The lowest BCUT2D eigenvalue weighted by molar-refractivity contribution is 0.495. The van der Waals surface area contributed by atoms with Crippen molar-refractivity contribution < 1.29 is 0 Å². The lowest BCUT2D eigenvalue weighted by atomic mass is 9.86. The van der Waals surface area contributed by atoms with Crippen molar-refractivity contribution in [2.24, 2.45) is 0 Å². The lowest BCUT2D eigenvalue weighted by Gasteiger charge is -2.21. The third kappa shape index (κ3) is 2.13. The van der Waals surface area contributed by atoms with Gasteiger partial charge in [0.05, 0.1) is 5.02 Å².